The summed E-state index contributed by atoms with van der Waals surface area (Å²) in [5.41, 5.74) is 3.57. The second-order valence-corrected chi connectivity index (χ2v) is 6.65. The van der Waals surface area contributed by atoms with Crippen LogP contribution in [0.15, 0.2) is 60.8 Å². The fraction of sp³-hybridized carbons (Fsp3) is 0.286. The third-order valence-electron chi connectivity index (χ3n) is 5.06. The van der Waals surface area contributed by atoms with Crippen molar-refractivity contribution in [2.75, 3.05) is 13.1 Å². The molecule has 0 bridgehead atoms. The third kappa shape index (κ3) is 3.76. The third-order valence-corrected chi connectivity index (χ3v) is 5.06. The number of hydrogen-bond acceptors (Lipinski definition) is 2. The summed E-state index contributed by atoms with van der Waals surface area (Å²) in [5.74, 6) is 0.237. The molecule has 1 aliphatic heterocycles. The van der Waals surface area contributed by atoms with Crippen LogP contribution >= 0.6 is 12.4 Å². The first-order valence-electron chi connectivity index (χ1n) is 8.95. The number of aromatic nitrogens is 1. The smallest absolute Gasteiger partial charge is 0.237 e. The topological polar surface area (TPSA) is 56.9 Å². The molecule has 2 aromatic carbocycles. The van der Waals surface area contributed by atoms with Crippen molar-refractivity contribution in [1.82, 2.24) is 15.6 Å². The molecule has 2 unspecified atom stereocenters. The molecule has 2 atom stereocenters. The van der Waals surface area contributed by atoms with Crippen molar-refractivity contribution in [3.05, 3.63) is 71.9 Å². The molecule has 136 valence electrons. The summed E-state index contributed by atoms with van der Waals surface area (Å²) < 4.78 is 0. The zero-order valence-electron chi connectivity index (χ0n) is 14.6. The van der Waals surface area contributed by atoms with Gasteiger partial charge in [-0.05, 0) is 36.6 Å². The fourth-order valence-corrected chi connectivity index (χ4v) is 3.71. The minimum absolute atomic E-state index is 0. The average molecular weight is 370 g/mol. The SMILES string of the molecule is Cl.O=C(NCC(c1ccccc1)c1c[nH]c2ccccc12)C1CCCN1. The minimum atomic E-state index is -0.0422. The van der Waals surface area contributed by atoms with Gasteiger partial charge in [-0.1, -0.05) is 48.5 Å². The number of amides is 1. The van der Waals surface area contributed by atoms with E-state index in [1.54, 1.807) is 0 Å². The first-order chi connectivity index (χ1) is 12.3. The molecule has 4 nitrogen and oxygen atoms in total. The number of aromatic amines is 1. The predicted molar refractivity (Wildman–Crippen MR) is 108 cm³/mol. The largest absolute Gasteiger partial charge is 0.361 e. The Kier molecular flexibility index (Phi) is 5.96. The van der Waals surface area contributed by atoms with Gasteiger partial charge >= 0.3 is 0 Å². The first kappa shape index (κ1) is 18.5. The molecule has 1 amide bonds. The molecule has 3 N–H and O–H groups in total. The van der Waals surface area contributed by atoms with E-state index in [0.717, 1.165) is 24.9 Å². The molecule has 0 radical (unpaired) electrons. The first-order valence-corrected chi connectivity index (χ1v) is 8.95. The van der Waals surface area contributed by atoms with Crippen LogP contribution in [0.4, 0.5) is 0 Å². The molecule has 1 saturated heterocycles. The van der Waals surface area contributed by atoms with E-state index in [1.807, 2.05) is 12.1 Å². The van der Waals surface area contributed by atoms with E-state index in [9.17, 15) is 4.79 Å². The lowest BCUT2D eigenvalue weighted by Crippen LogP contribution is -2.42. The van der Waals surface area contributed by atoms with Crippen LogP contribution < -0.4 is 10.6 Å². The summed E-state index contributed by atoms with van der Waals surface area (Å²) in [6.45, 7) is 1.53. The summed E-state index contributed by atoms with van der Waals surface area (Å²) >= 11 is 0. The fourth-order valence-electron chi connectivity index (χ4n) is 3.71. The van der Waals surface area contributed by atoms with E-state index in [0.29, 0.717) is 6.54 Å². The highest BCUT2D eigenvalue weighted by Gasteiger charge is 2.24. The van der Waals surface area contributed by atoms with Crippen LogP contribution in [0.5, 0.6) is 0 Å². The van der Waals surface area contributed by atoms with Gasteiger partial charge in [0.2, 0.25) is 5.91 Å². The number of hydrogen-bond donors (Lipinski definition) is 3. The number of nitrogens with one attached hydrogen (secondary N) is 3. The highest BCUT2D eigenvalue weighted by molar-refractivity contribution is 5.85. The Bertz CT molecular complexity index is 856. The lowest BCUT2D eigenvalue weighted by Gasteiger charge is -2.19. The summed E-state index contributed by atoms with van der Waals surface area (Å²) in [6, 6.07) is 18.7. The van der Waals surface area contributed by atoms with E-state index >= 15 is 0 Å². The molecule has 0 saturated carbocycles. The summed E-state index contributed by atoms with van der Waals surface area (Å²) in [7, 11) is 0. The Hall–Kier alpha value is -2.30. The van der Waals surface area contributed by atoms with E-state index in [4.69, 9.17) is 0 Å². The van der Waals surface area contributed by atoms with Crippen LogP contribution in [0.1, 0.15) is 29.9 Å². The predicted octanol–water partition coefficient (Wildman–Crippen LogP) is 3.59. The number of rotatable bonds is 5. The Morgan fingerprint density at radius 2 is 1.88 bits per heavy atom. The Morgan fingerprint density at radius 3 is 2.65 bits per heavy atom. The van der Waals surface area contributed by atoms with Crippen molar-refractivity contribution in [1.29, 1.82) is 0 Å². The van der Waals surface area contributed by atoms with Crippen LogP contribution in [0.2, 0.25) is 0 Å². The van der Waals surface area contributed by atoms with Gasteiger partial charge < -0.3 is 15.6 Å². The summed E-state index contributed by atoms with van der Waals surface area (Å²) in [5, 5.41) is 7.64. The minimum Gasteiger partial charge on any atom is -0.361 e. The molecule has 5 heteroatoms. The molecule has 1 fully saturated rings. The summed E-state index contributed by atoms with van der Waals surface area (Å²) in [4.78, 5) is 15.8. The number of H-pyrrole nitrogens is 1. The Balaban J connectivity index is 0.00000196. The summed E-state index contributed by atoms with van der Waals surface area (Å²) in [6.07, 6.45) is 4.07. The van der Waals surface area contributed by atoms with Crippen molar-refractivity contribution >= 4 is 29.2 Å². The van der Waals surface area contributed by atoms with E-state index in [-0.39, 0.29) is 30.3 Å². The highest BCUT2D eigenvalue weighted by Crippen LogP contribution is 2.30. The monoisotopic (exact) mass is 369 g/mol. The highest BCUT2D eigenvalue weighted by atomic mass is 35.5. The lowest BCUT2D eigenvalue weighted by atomic mass is 9.91. The zero-order valence-corrected chi connectivity index (χ0v) is 15.4. The number of carbonyl (C=O) groups is 1. The molecular weight excluding hydrogens is 346 g/mol. The molecular formula is C21H24ClN3O. The normalized spacial score (nSPS) is 17.6. The second-order valence-electron chi connectivity index (χ2n) is 6.65. The molecule has 4 rings (SSSR count). The van der Waals surface area contributed by atoms with Gasteiger partial charge in [-0.15, -0.1) is 12.4 Å². The van der Waals surface area contributed by atoms with Crippen molar-refractivity contribution < 1.29 is 4.79 Å². The molecule has 1 aliphatic rings. The van der Waals surface area contributed by atoms with Crippen LogP contribution in [-0.2, 0) is 4.79 Å². The van der Waals surface area contributed by atoms with Gasteiger partial charge in [0.05, 0.1) is 6.04 Å². The van der Waals surface area contributed by atoms with Crippen molar-refractivity contribution in [3.8, 4) is 0 Å². The maximum atomic E-state index is 12.4. The zero-order chi connectivity index (χ0) is 17.1. The van der Waals surface area contributed by atoms with Crippen molar-refractivity contribution in [3.63, 3.8) is 0 Å². The van der Waals surface area contributed by atoms with Crippen molar-refractivity contribution in [2.45, 2.75) is 24.8 Å². The standard InChI is InChI=1S/C21H23N3O.ClH/c25-21(20-11-6-12-22-20)24-13-17(15-7-2-1-3-8-15)18-14-23-19-10-5-4-9-16(18)19;/h1-5,7-10,14,17,20,22-23H,6,11-13H2,(H,24,25);1H. The number of fused-ring (bicyclic) bond motifs is 1. The van der Waals surface area contributed by atoms with Crippen LogP contribution in [-0.4, -0.2) is 30.0 Å². The molecule has 3 aromatic rings. The maximum absolute atomic E-state index is 12.4. The van der Waals surface area contributed by atoms with Crippen LogP contribution in [0, 0.1) is 0 Å². The van der Waals surface area contributed by atoms with Crippen molar-refractivity contribution in [2.24, 2.45) is 0 Å². The maximum Gasteiger partial charge on any atom is 0.237 e. The average Bonchev–Trinajstić information content (AvgIpc) is 3.33. The Labute approximate surface area is 159 Å². The van der Waals surface area contributed by atoms with Gasteiger partial charge in [-0.3, -0.25) is 4.79 Å². The molecule has 1 aromatic heterocycles. The van der Waals surface area contributed by atoms with E-state index < -0.39 is 0 Å². The van der Waals surface area contributed by atoms with Gasteiger partial charge in [0, 0.05) is 29.6 Å². The molecule has 0 spiro atoms. The molecule has 2 heterocycles. The van der Waals surface area contributed by atoms with Crippen LogP contribution in [0.3, 0.4) is 0 Å². The lowest BCUT2D eigenvalue weighted by molar-refractivity contribution is -0.122. The van der Waals surface area contributed by atoms with Gasteiger partial charge in [0.15, 0.2) is 0 Å². The van der Waals surface area contributed by atoms with E-state index in [2.05, 4.69) is 64.3 Å². The van der Waals surface area contributed by atoms with Gasteiger partial charge in [-0.2, -0.15) is 0 Å². The molecule has 26 heavy (non-hydrogen) atoms. The van der Waals surface area contributed by atoms with Gasteiger partial charge in [0.1, 0.15) is 0 Å². The van der Waals surface area contributed by atoms with E-state index in [1.165, 1.54) is 16.5 Å². The quantitative estimate of drug-likeness (QED) is 0.643. The second kappa shape index (κ2) is 8.39. The van der Waals surface area contributed by atoms with Crippen LogP contribution in [0.25, 0.3) is 10.9 Å². The molecule has 0 aliphatic carbocycles. The number of para-hydroxylation sites is 1. The van der Waals surface area contributed by atoms with Gasteiger partial charge in [0.25, 0.3) is 0 Å². The number of halogens is 1. The number of benzene rings is 2. The Morgan fingerprint density at radius 1 is 1.12 bits per heavy atom. The van der Waals surface area contributed by atoms with Gasteiger partial charge in [-0.25, -0.2) is 0 Å². The number of carbonyl (C=O) groups excluding carboxylic acids is 1.